The first-order valence-electron chi connectivity index (χ1n) is 10.2. The summed E-state index contributed by atoms with van der Waals surface area (Å²) in [5, 5.41) is 1.00. The average molecular weight is 491 g/mol. The van der Waals surface area contributed by atoms with Crippen molar-refractivity contribution in [1.29, 1.82) is 0 Å². The van der Waals surface area contributed by atoms with Gasteiger partial charge in [-0.25, -0.2) is 8.42 Å². The van der Waals surface area contributed by atoms with Gasteiger partial charge in [0.1, 0.15) is 0 Å². The molecule has 2 aromatic carbocycles. The van der Waals surface area contributed by atoms with Gasteiger partial charge >= 0.3 is 11.9 Å². The maximum atomic E-state index is 13.0. The second kappa shape index (κ2) is 8.07. The van der Waals surface area contributed by atoms with E-state index in [1.807, 2.05) is 13.0 Å². The maximum Gasteiger partial charge on any atom is 0.324 e. The molecule has 1 aromatic heterocycles. The number of esters is 2. The van der Waals surface area contributed by atoms with Crippen LogP contribution in [0.5, 0.6) is 0 Å². The third kappa shape index (κ3) is 4.56. The van der Waals surface area contributed by atoms with Gasteiger partial charge in [-0.05, 0) is 35.7 Å². The number of carbonyl (C=O) groups excluding carboxylic acids is 2. The van der Waals surface area contributed by atoms with Crippen LogP contribution in [0.2, 0.25) is 5.02 Å². The molecule has 1 aliphatic rings. The molecule has 3 aromatic rings. The number of para-hydroxylation sites is 1. The van der Waals surface area contributed by atoms with Crippen molar-refractivity contribution < 1.29 is 27.5 Å². The van der Waals surface area contributed by atoms with E-state index in [1.165, 1.54) is 13.8 Å². The fourth-order valence-corrected chi connectivity index (χ4v) is 5.05. The summed E-state index contributed by atoms with van der Waals surface area (Å²) in [7, 11) is -3.53. The molecule has 0 saturated carbocycles. The first kappa shape index (κ1) is 23.1. The summed E-state index contributed by atoms with van der Waals surface area (Å²) in [6.45, 7) is 4.86. The van der Waals surface area contributed by atoms with Crippen molar-refractivity contribution in [3.8, 4) is 0 Å². The summed E-state index contributed by atoms with van der Waals surface area (Å²) in [5.74, 6) is -4.96. The van der Waals surface area contributed by atoms with E-state index in [1.54, 1.807) is 36.5 Å². The highest BCUT2D eigenvalue weighted by Gasteiger charge is 2.49. The number of hydrogen-bond donors (Lipinski definition) is 2. The first-order chi connectivity index (χ1) is 15.4. The minimum atomic E-state index is -3.53. The van der Waals surface area contributed by atoms with Crippen LogP contribution in [0.25, 0.3) is 10.9 Å². The van der Waals surface area contributed by atoms with Gasteiger partial charge in [-0.2, -0.15) is 0 Å². The molecule has 33 heavy (non-hydrogen) atoms. The first-order valence-corrected chi connectivity index (χ1v) is 12.4. The highest BCUT2D eigenvalue weighted by molar-refractivity contribution is 7.92. The summed E-state index contributed by atoms with van der Waals surface area (Å²) in [6.07, 6.45) is 2.69. The number of nitrogens with one attached hydrogen (secondary N) is 2. The molecule has 0 amide bonds. The normalized spacial score (nSPS) is 17.5. The molecule has 0 bridgehead atoms. The van der Waals surface area contributed by atoms with Crippen LogP contribution >= 0.6 is 11.6 Å². The monoisotopic (exact) mass is 490 g/mol. The van der Waals surface area contributed by atoms with E-state index in [0.29, 0.717) is 32.7 Å². The fraction of sp³-hybridized carbons (Fsp3) is 0.304. The summed E-state index contributed by atoms with van der Waals surface area (Å²) in [4.78, 5) is 29.1. The molecule has 0 aliphatic carbocycles. The quantitative estimate of drug-likeness (QED) is 0.411. The molecule has 4 rings (SSSR count). The molecule has 1 unspecified atom stereocenters. The Balaban J connectivity index is 1.93. The zero-order chi connectivity index (χ0) is 24.1. The van der Waals surface area contributed by atoms with Crippen LogP contribution in [0.4, 0.5) is 5.69 Å². The highest BCUT2D eigenvalue weighted by atomic mass is 35.5. The van der Waals surface area contributed by atoms with Crippen molar-refractivity contribution in [2.24, 2.45) is 5.92 Å². The smallest absolute Gasteiger partial charge is 0.324 e. The Morgan fingerprint density at radius 3 is 2.36 bits per heavy atom. The predicted molar refractivity (Wildman–Crippen MR) is 125 cm³/mol. The lowest BCUT2D eigenvalue weighted by Gasteiger charge is -2.36. The van der Waals surface area contributed by atoms with E-state index in [2.05, 4.69) is 9.71 Å². The second-order valence-electron chi connectivity index (χ2n) is 8.57. The number of fused-ring (bicyclic) bond motifs is 1. The van der Waals surface area contributed by atoms with Gasteiger partial charge in [0.15, 0.2) is 5.92 Å². The Hall–Kier alpha value is -3.04. The largest absolute Gasteiger partial charge is 0.422 e. The minimum absolute atomic E-state index is 0.338. The van der Waals surface area contributed by atoms with Crippen LogP contribution in [0.15, 0.2) is 42.6 Å². The zero-order valence-corrected chi connectivity index (χ0v) is 20.0. The molecule has 0 radical (unpaired) electrons. The Labute approximate surface area is 196 Å². The van der Waals surface area contributed by atoms with Gasteiger partial charge in [-0.1, -0.05) is 35.9 Å². The number of cyclic esters (lactones) is 2. The number of aryl methyl sites for hydroxylation is 1. The molecular weight excluding hydrogens is 468 g/mol. The number of benzene rings is 2. The number of aromatic nitrogens is 1. The molecule has 174 valence electrons. The van der Waals surface area contributed by atoms with Crippen LogP contribution in [0.1, 0.15) is 36.5 Å². The van der Waals surface area contributed by atoms with Gasteiger partial charge < -0.3 is 14.5 Å². The molecule has 1 saturated heterocycles. The fourth-order valence-electron chi connectivity index (χ4n) is 4.13. The Morgan fingerprint density at radius 1 is 1.09 bits per heavy atom. The molecular formula is C23H23ClN2O6S. The van der Waals surface area contributed by atoms with Crippen LogP contribution in [-0.4, -0.2) is 37.4 Å². The molecule has 10 heteroatoms. The van der Waals surface area contributed by atoms with Crippen LogP contribution in [0, 0.1) is 12.8 Å². The van der Waals surface area contributed by atoms with Crippen molar-refractivity contribution in [1.82, 2.24) is 4.98 Å². The number of hydrogen-bond acceptors (Lipinski definition) is 6. The molecule has 1 atom stereocenters. The number of ether oxygens (including phenoxy) is 2. The number of sulfonamides is 1. The number of halogens is 1. The highest BCUT2D eigenvalue weighted by Crippen LogP contribution is 2.44. The number of rotatable bonds is 5. The Kier molecular flexibility index (Phi) is 5.66. The number of aromatic amines is 1. The van der Waals surface area contributed by atoms with Crippen LogP contribution in [-0.2, 0) is 29.1 Å². The van der Waals surface area contributed by atoms with E-state index in [4.69, 9.17) is 21.1 Å². The van der Waals surface area contributed by atoms with Gasteiger partial charge in [-0.15, -0.1) is 0 Å². The van der Waals surface area contributed by atoms with Gasteiger partial charge in [-0.3, -0.25) is 14.3 Å². The Bertz CT molecular complexity index is 1360. The lowest BCUT2D eigenvalue weighted by atomic mass is 9.79. The number of anilines is 1. The maximum absolute atomic E-state index is 13.0. The van der Waals surface area contributed by atoms with E-state index >= 15 is 0 Å². The third-order valence-electron chi connectivity index (χ3n) is 5.40. The summed E-state index contributed by atoms with van der Waals surface area (Å²) in [5.41, 5.74) is 2.87. The van der Waals surface area contributed by atoms with E-state index in [9.17, 15) is 18.0 Å². The molecule has 1 fully saturated rings. The van der Waals surface area contributed by atoms with Gasteiger partial charge in [0, 0.05) is 36.4 Å². The van der Waals surface area contributed by atoms with Gasteiger partial charge in [0.25, 0.3) is 5.79 Å². The lowest BCUT2D eigenvalue weighted by molar-refractivity contribution is -0.240. The molecule has 8 nitrogen and oxygen atoms in total. The van der Waals surface area contributed by atoms with Crippen molar-refractivity contribution in [3.63, 3.8) is 0 Å². The summed E-state index contributed by atoms with van der Waals surface area (Å²) in [6, 6.07) is 10.4. The summed E-state index contributed by atoms with van der Waals surface area (Å²) >= 11 is 6.58. The van der Waals surface area contributed by atoms with Gasteiger partial charge in [0.05, 0.1) is 17.5 Å². The predicted octanol–water partition coefficient (Wildman–Crippen LogP) is 4.09. The molecule has 2 N–H and O–H groups in total. The topological polar surface area (TPSA) is 115 Å². The van der Waals surface area contributed by atoms with Crippen LogP contribution in [0.3, 0.4) is 0 Å². The van der Waals surface area contributed by atoms with Crippen molar-refractivity contribution in [2.45, 2.75) is 32.5 Å². The zero-order valence-electron chi connectivity index (χ0n) is 18.4. The number of carbonyl (C=O) groups is 2. The standard InChI is InChI=1S/C23H23ClN2O6S/c1-12-8-9-14(16(24)10-12)18(19-21(27)31-23(2,3)32-22(19)28)15-11-25-20-13(15)6-5-7-17(20)26-33(4,29)30/h5-11,18-19,25-26H,1-4H3. The third-order valence-corrected chi connectivity index (χ3v) is 6.32. The van der Waals surface area contributed by atoms with E-state index < -0.39 is 39.6 Å². The van der Waals surface area contributed by atoms with Crippen molar-refractivity contribution in [2.75, 3.05) is 11.0 Å². The molecule has 1 aliphatic heterocycles. The minimum Gasteiger partial charge on any atom is -0.422 e. The van der Waals surface area contributed by atoms with Crippen molar-refractivity contribution >= 4 is 50.2 Å². The molecule has 2 heterocycles. The van der Waals surface area contributed by atoms with Crippen LogP contribution < -0.4 is 4.72 Å². The number of H-pyrrole nitrogens is 1. The van der Waals surface area contributed by atoms with Gasteiger partial charge in [0.2, 0.25) is 10.0 Å². The molecule has 0 spiro atoms. The SMILES string of the molecule is Cc1ccc(C(c2c[nH]c3c(NS(C)(=O)=O)cccc23)C2C(=O)OC(C)(C)OC2=O)c(Cl)c1. The average Bonchev–Trinajstić information content (AvgIpc) is 3.08. The second-order valence-corrected chi connectivity index (χ2v) is 10.7. The summed E-state index contributed by atoms with van der Waals surface area (Å²) < 4.78 is 36.9. The lowest BCUT2D eigenvalue weighted by Crippen LogP contribution is -2.48. The van der Waals surface area contributed by atoms with Crippen molar-refractivity contribution in [3.05, 3.63) is 64.3 Å². The van der Waals surface area contributed by atoms with E-state index in [-0.39, 0.29) is 0 Å². The Morgan fingerprint density at radius 2 is 1.76 bits per heavy atom. The van der Waals surface area contributed by atoms with E-state index in [0.717, 1.165) is 11.8 Å².